The third-order valence-electron chi connectivity index (χ3n) is 5.00. The molecule has 0 saturated carbocycles. The maximum atomic E-state index is 12.6. The molecule has 1 heterocycles. The second kappa shape index (κ2) is 5.91. The summed E-state index contributed by atoms with van der Waals surface area (Å²) in [4.78, 5) is 14.5. The van der Waals surface area contributed by atoms with E-state index in [4.69, 9.17) is 4.74 Å². The Kier molecular flexibility index (Phi) is 3.73. The minimum absolute atomic E-state index is 0.0245. The third-order valence-corrected chi connectivity index (χ3v) is 5.00. The lowest BCUT2D eigenvalue weighted by atomic mass is 9.94. The number of hydrogen-bond donors (Lipinski definition) is 0. The van der Waals surface area contributed by atoms with Gasteiger partial charge in [0.1, 0.15) is 0 Å². The van der Waals surface area contributed by atoms with Crippen molar-refractivity contribution >= 4 is 5.91 Å². The molecule has 0 N–H and O–H groups in total. The van der Waals surface area contributed by atoms with Gasteiger partial charge >= 0.3 is 0 Å². The molecule has 3 nitrogen and oxygen atoms in total. The summed E-state index contributed by atoms with van der Waals surface area (Å²) in [7, 11) is 0. The molecule has 1 unspecified atom stereocenters. The Labute approximate surface area is 142 Å². The lowest BCUT2D eigenvalue weighted by Gasteiger charge is -2.37. The maximum absolute atomic E-state index is 12.6. The number of ether oxygens (including phenoxy) is 1. The van der Waals surface area contributed by atoms with Crippen molar-refractivity contribution in [2.45, 2.75) is 19.4 Å². The van der Waals surface area contributed by atoms with Gasteiger partial charge in [0.25, 0.3) is 0 Å². The van der Waals surface area contributed by atoms with E-state index in [2.05, 4.69) is 49.0 Å². The largest absolute Gasteiger partial charge is 0.377 e. The average molecular weight is 319 g/mol. The highest BCUT2D eigenvalue weighted by molar-refractivity contribution is 5.92. The van der Waals surface area contributed by atoms with Crippen LogP contribution in [-0.2, 0) is 16.0 Å². The van der Waals surface area contributed by atoms with Crippen molar-refractivity contribution in [1.29, 1.82) is 0 Å². The van der Waals surface area contributed by atoms with Gasteiger partial charge in [0.2, 0.25) is 5.91 Å². The quantitative estimate of drug-likeness (QED) is 0.674. The minimum Gasteiger partial charge on any atom is -0.377 e. The second-order valence-corrected chi connectivity index (χ2v) is 6.58. The van der Waals surface area contributed by atoms with Crippen LogP contribution in [0.2, 0.25) is 0 Å². The van der Waals surface area contributed by atoms with Gasteiger partial charge in [-0.15, -0.1) is 0 Å². The van der Waals surface area contributed by atoms with E-state index in [0.717, 1.165) is 6.42 Å². The van der Waals surface area contributed by atoms with Crippen LogP contribution < -0.4 is 0 Å². The highest BCUT2D eigenvalue weighted by Crippen LogP contribution is 2.41. The molecule has 1 amide bonds. The van der Waals surface area contributed by atoms with Gasteiger partial charge in [-0.25, -0.2) is 0 Å². The van der Waals surface area contributed by atoms with Crippen LogP contribution in [0.3, 0.4) is 0 Å². The molecule has 0 aromatic heterocycles. The smallest absolute Gasteiger partial charge is 0.249 e. The molecule has 1 atom stereocenters. The molecule has 1 aliphatic heterocycles. The van der Waals surface area contributed by atoms with Gasteiger partial charge in [-0.1, -0.05) is 49.0 Å². The monoisotopic (exact) mass is 319 g/mol. The van der Waals surface area contributed by atoms with E-state index in [1.54, 1.807) is 6.92 Å². The fourth-order valence-corrected chi connectivity index (χ4v) is 3.84. The number of fused-ring (bicyclic) bond motifs is 3. The first kappa shape index (κ1) is 15.2. The fraction of sp³-hybridized carbons (Fsp3) is 0.286. The summed E-state index contributed by atoms with van der Waals surface area (Å²) in [6.45, 7) is 7.36. The van der Waals surface area contributed by atoms with Gasteiger partial charge in [0.05, 0.1) is 19.3 Å². The molecule has 24 heavy (non-hydrogen) atoms. The molecule has 0 radical (unpaired) electrons. The number of rotatable bonds is 2. The van der Waals surface area contributed by atoms with Crippen LogP contribution in [0, 0.1) is 0 Å². The number of amides is 1. The van der Waals surface area contributed by atoms with Crippen molar-refractivity contribution in [3.63, 3.8) is 0 Å². The zero-order chi connectivity index (χ0) is 16.7. The number of morpholine rings is 1. The molecule has 4 rings (SSSR count). The Balaban J connectivity index is 1.77. The Morgan fingerprint density at radius 1 is 1.17 bits per heavy atom. The molecule has 0 bridgehead atoms. The van der Waals surface area contributed by atoms with Crippen molar-refractivity contribution < 1.29 is 9.53 Å². The summed E-state index contributed by atoms with van der Waals surface area (Å²) in [5.74, 6) is 0.0245. The van der Waals surface area contributed by atoms with E-state index in [-0.39, 0.29) is 11.9 Å². The zero-order valence-electron chi connectivity index (χ0n) is 13.9. The highest BCUT2D eigenvalue weighted by atomic mass is 16.5. The number of hydrogen-bond acceptors (Lipinski definition) is 2. The summed E-state index contributed by atoms with van der Waals surface area (Å²) in [6, 6.07) is 14.9. The molecule has 1 saturated heterocycles. The van der Waals surface area contributed by atoms with E-state index in [0.29, 0.717) is 25.3 Å². The Morgan fingerprint density at radius 2 is 1.96 bits per heavy atom. The second-order valence-electron chi connectivity index (χ2n) is 6.58. The van der Waals surface area contributed by atoms with Gasteiger partial charge in [0.15, 0.2) is 0 Å². The van der Waals surface area contributed by atoms with Gasteiger partial charge in [-0.2, -0.15) is 0 Å². The van der Waals surface area contributed by atoms with Crippen LogP contribution in [0.5, 0.6) is 0 Å². The average Bonchev–Trinajstić information content (AvgIpc) is 3.00. The van der Waals surface area contributed by atoms with E-state index < -0.39 is 0 Å². The first-order valence-corrected chi connectivity index (χ1v) is 8.41. The first-order valence-electron chi connectivity index (χ1n) is 8.41. The topological polar surface area (TPSA) is 29.5 Å². The summed E-state index contributed by atoms with van der Waals surface area (Å²) in [5, 5.41) is 0. The fourth-order valence-electron chi connectivity index (χ4n) is 3.84. The Bertz CT molecular complexity index is 824. The van der Waals surface area contributed by atoms with Crippen molar-refractivity contribution in [2.24, 2.45) is 0 Å². The van der Waals surface area contributed by atoms with Crippen LogP contribution in [0.25, 0.3) is 11.1 Å². The summed E-state index contributed by atoms with van der Waals surface area (Å²) in [5.41, 5.74) is 7.07. The van der Waals surface area contributed by atoms with Gasteiger partial charge in [0, 0.05) is 12.1 Å². The van der Waals surface area contributed by atoms with E-state index in [1.165, 1.54) is 27.8 Å². The lowest BCUT2D eigenvalue weighted by molar-refractivity contribution is -0.135. The number of carbonyl (C=O) groups excluding carboxylic acids is 1. The Hall–Kier alpha value is -2.39. The van der Waals surface area contributed by atoms with Crippen molar-refractivity contribution in [3.05, 3.63) is 71.3 Å². The molecule has 1 aliphatic carbocycles. The Morgan fingerprint density at radius 3 is 2.79 bits per heavy atom. The van der Waals surface area contributed by atoms with Crippen molar-refractivity contribution in [2.75, 3.05) is 19.8 Å². The molecule has 3 heteroatoms. The normalized spacial score (nSPS) is 18.9. The summed E-state index contributed by atoms with van der Waals surface area (Å²) in [6.07, 6.45) is 0.924. The number of carbonyl (C=O) groups is 1. The van der Waals surface area contributed by atoms with Crippen molar-refractivity contribution in [1.82, 2.24) is 4.90 Å². The molecular formula is C21H21NO2. The van der Waals surface area contributed by atoms with E-state index >= 15 is 0 Å². The molecule has 2 aromatic rings. The number of benzene rings is 2. The molecule has 1 fully saturated rings. The summed E-state index contributed by atoms with van der Waals surface area (Å²) < 4.78 is 5.71. The van der Waals surface area contributed by atoms with Crippen LogP contribution in [-0.4, -0.2) is 30.6 Å². The van der Waals surface area contributed by atoms with E-state index in [9.17, 15) is 4.79 Å². The van der Waals surface area contributed by atoms with Gasteiger partial charge in [-0.05, 0) is 41.2 Å². The molecule has 2 aliphatic rings. The lowest BCUT2D eigenvalue weighted by Crippen LogP contribution is -2.44. The van der Waals surface area contributed by atoms with Crippen LogP contribution >= 0.6 is 0 Å². The van der Waals surface area contributed by atoms with Crippen LogP contribution in [0.4, 0.5) is 0 Å². The summed E-state index contributed by atoms with van der Waals surface area (Å²) >= 11 is 0. The molecular weight excluding hydrogens is 298 g/mol. The van der Waals surface area contributed by atoms with Crippen molar-refractivity contribution in [3.8, 4) is 11.1 Å². The standard InChI is InChI=1S/C21H21NO2/c1-14(2)21(23)22-10-11-24-13-20(22)18-9-5-8-17-16-7-4-3-6-15(16)12-19(17)18/h3-9,20H,1,10-13H2,2H3. The maximum Gasteiger partial charge on any atom is 0.249 e. The van der Waals surface area contributed by atoms with Gasteiger partial charge in [-0.3, -0.25) is 4.79 Å². The number of nitrogens with zero attached hydrogens (tertiary/aromatic N) is 1. The molecule has 2 aromatic carbocycles. The molecule has 122 valence electrons. The van der Waals surface area contributed by atoms with E-state index in [1.807, 2.05) is 4.90 Å². The predicted octanol–water partition coefficient (Wildman–Crippen LogP) is 3.73. The molecule has 0 spiro atoms. The first-order chi connectivity index (χ1) is 11.7. The van der Waals surface area contributed by atoms with Gasteiger partial charge < -0.3 is 9.64 Å². The van der Waals surface area contributed by atoms with Crippen LogP contribution in [0.15, 0.2) is 54.6 Å². The predicted molar refractivity (Wildman–Crippen MR) is 94.8 cm³/mol. The zero-order valence-corrected chi connectivity index (χ0v) is 13.9. The SMILES string of the molecule is C=C(C)C(=O)N1CCOCC1c1cccc2c1Cc1ccccc1-2. The van der Waals surface area contributed by atoms with Crippen LogP contribution in [0.1, 0.15) is 29.7 Å². The minimum atomic E-state index is -0.0350. The third kappa shape index (κ3) is 2.36. The highest BCUT2D eigenvalue weighted by Gasteiger charge is 2.32.